The molecule has 0 radical (unpaired) electrons. The van der Waals surface area contributed by atoms with Gasteiger partial charge in [0.1, 0.15) is 6.04 Å². The number of anilines is 1. The van der Waals surface area contributed by atoms with Gasteiger partial charge in [0.25, 0.3) is 0 Å². The van der Waals surface area contributed by atoms with E-state index in [1.54, 1.807) is 19.9 Å². The summed E-state index contributed by atoms with van der Waals surface area (Å²) in [5.41, 5.74) is 0.131. The molecule has 0 aliphatic carbocycles. The van der Waals surface area contributed by atoms with Gasteiger partial charge in [0.2, 0.25) is 11.7 Å². The minimum Gasteiger partial charge on any atom is -0.353 e. The van der Waals surface area contributed by atoms with Gasteiger partial charge in [-0.2, -0.15) is 0 Å². The van der Waals surface area contributed by atoms with Crippen molar-refractivity contribution in [3.63, 3.8) is 0 Å². The van der Waals surface area contributed by atoms with E-state index in [1.165, 1.54) is 6.07 Å². The van der Waals surface area contributed by atoms with Crippen LogP contribution in [0.5, 0.6) is 0 Å². The number of nitro groups is 1. The van der Waals surface area contributed by atoms with Crippen LogP contribution >= 0.6 is 0 Å². The molecule has 1 rings (SSSR count). The van der Waals surface area contributed by atoms with E-state index in [2.05, 4.69) is 15.6 Å². The van der Waals surface area contributed by atoms with Gasteiger partial charge in [-0.15, -0.1) is 0 Å². The second-order valence-corrected chi connectivity index (χ2v) is 5.68. The van der Waals surface area contributed by atoms with Gasteiger partial charge in [-0.05, 0) is 40.7 Å². The Labute approximate surface area is 117 Å². The van der Waals surface area contributed by atoms with Crippen molar-refractivity contribution in [3.05, 3.63) is 27.9 Å². The van der Waals surface area contributed by atoms with Crippen LogP contribution in [0.1, 0.15) is 33.4 Å². The topological polar surface area (TPSA) is 97.2 Å². The normalized spacial score (nSPS) is 12.7. The smallest absolute Gasteiger partial charge is 0.311 e. The molecule has 0 saturated carbocycles. The zero-order chi connectivity index (χ0) is 15.5. The summed E-state index contributed by atoms with van der Waals surface area (Å²) >= 11 is 0. The molecule has 1 aromatic rings. The number of hydrogen-bond acceptors (Lipinski definition) is 5. The van der Waals surface area contributed by atoms with Crippen molar-refractivity contribution in [2.45, 2.75) is 46.2 Å². The first-order chi connectivity index (χ1) is 9.10. The molecule has 0 aromatic carbocycles. The van der Waals surface area contributed by atoms with Gasteiger partial charge < -0.3 is 10.6 Å². The average Bonchev–Trinajstić information content (AvgIpc) is 2.26. The molecule has 0 aliphatic rings. The minimum atomic E-state index is -0.623. The fourth-order valence-corrected chi connectivity index (χ4v) is 1.55. The largest absolute Gasteiger partial charge is 0.353 e. The zero-order valence-corrected chi connectivity index (χ0v) is 12.4. The zero-order valence-electron chi connectivity index (χ0n) is 12.4. The maximum Gasteiger partial charge on any atom is 0.311 e. The fraction of sp³-hybridized carbons (Fsp3) is 0.538. The van der Waals surface area contributed by atoms with Crippen LogP contribution in [0.3, 0.4) is 0 Å². The van der Waals surface area contributed by atoms with E-state index < -0.39 is 11.0 Å². The SMILES string of the molecule is Cc1ccc([N+](=O)[O-])c(NC(C)C(=O)NC(C)(C)C)n1. The Morgan fingerprint density at radius 3 is 2.50 bits per heavy atom. The standard InChI is InChI=1S/C13H20N4O3/c1-8-6-7-10(17(19)20)11(14-8)15-9(2)12(18)16-13(3,4)5/h6-7,9H,1-5H3,(H,14,15)(H,16,18). The summed E-state index contributed by atoms with van der Waals surface area (Å²) in [4.78, 5) is 26.5. The molecule has 0 spiro atoms. The number of pyridine rings is 1. The predicted octanol–water partition coefficient (Wildman–Crippen LogP) is 2.01. The third-order valence-corrected chi connectivity index (χ3v) is 2.45. The van der Waals surface area contributed by atoms with E-state index in [-0.39, 0.29) is 23.0 Å². The lowest BCUT2D eigenvalue weighted by atomic mass is 10.1. The second-order valence-electron chi connectivity index (χ2n) is 5.68. The first-order valence-corrected chi connectivity index (χ1v) is 6.31. The number of carbonyl (C=O) groups excluding carboxylic acids is 1. The monoisotopic (exact) mass is 280 g/mol. The lowest BCUT2D eigenvalue weighted by Gasteiger charge is -2.23. The molecule has 0 aliphatic heterocycles. The van der Waals surface area contributed by atoms with E-state index in [9.17, 15) is 14.9 Å². The molecule has 1 unspecified atom stereocenters. The predicted molar refractivity (Wildman–Crippen MR) is 76.6 cm³/mol. The van der Waals surface area contributed by atoms with E-state index in [4.69, 9.17) is 0 Å². The molecule has 1 atom stereocenters. The van der Waals surface area contributed by atoms with Crippen LogP contribution in [0.25, 0.3) is 0 Å². The van der Waals surface area contributed by atoms with Crippen LogP contribution in [0.2, 0.25) is 0 Å². The first kappa shape index (κ1) is 15.9. The molecule has 1 heterocycles. The van der Waals surface area contributed by atoms with Gasteiger partial charge in [0.05, 0.1) is 4.92 Å². The van der Waals surface area contributed by atoms with Crippen molar-refractivity contribution in [1.29, 1.82) is 0 Å². The lowest BCUT2D eigenvalue weighted by Crippen LogP contribution is -2.47. The highest BCUT2D eigenvalue weighted by atomic mass is 16.6. The number of hydrogen-bond donors (Lipinski definition) is 2. The minimum absolute atomic E-state index is 0.103. The summed E-state index contributed by atoms with van der Waals surface area (Å²) in [6.07, 6.45) is 0. The Bertz CT molecular complexity index is 523. The molecule has 1 aromatic heterocycles. The number of rotatable bonds is 4. The van der Waals surface area contributed by atoms with Gasteiger partial charge >= 0.3 is 5.69 Å². The maximum atomic E-state index is 12.0. The Morgan fingerprint density at radius 2 is 2.00 bits per heavy atom. The molecule has 20 heavy (non-hydrogen) atoms. The third kappa shape index (κ3) is 4.49. The van der Waals surface area contributed by atoms with Gasteiger partial charge in [0, 0.05) is 17.3 Å². The highest BCUT2D eigenvalue weighted by Crippen LogP contribution is 2.22. The van der Waals surface area contributed by atoms with Gasteiger partial charge in [-0.25, -0.2) is 4.98 Å². The number of amides is 1. The van der Waals surface area contributed by atoms with E-state index in [0.29, 0.717) is 5.69 Å². The Hall–Kier alpha value is -2.18. The molecular formula is C13H20N4O3. The molecular weight excluding hydrogens is 260 g/mol. The second kappa shape index (κ2) is 5.85. The number of nitrogens with zero attached hydrogens (tertiary/aromatic N) is 2. The summed E-state index contributed by atoms with van der Waals surface area (Å²) in [5.74, 6) is -0.137. The fourth-order valence-electron chi connectivity index (χ4n) is 1.55. The van der Waals surface area contributed by atoms with Crippen molar-refractivity contribution < 1.29 is 9.72 Å². The van der Waals surface area contributed by atoms with Crippen LogP contribution in [-0.4, -0.2) is 27.4 Å². The summed E-state index contributed by atoms with van der Waals surface area (Å²) in [6, 6.07) is 2.31. The van der Waals surface area contributed by atoms with Crippen LogP contribution in [0.15, 0.2) is 12.1 Å². The van der Waals surface area contributed by atoms with Crippen LogP contribution in [0.4, 0.5) is 11.5 Å². The number of nitrogens with one attached hydrogen (secondary N) is 2. The van der Waals surface area contributed by atoms with Crippen LogP contribution in [-0.2, 0) is 4.79 Å². The molecule has 110 valence electrons. The summed E-state index contributed by atoms with van der Waals surface area (Å²) in [6.45, 7) is 8.96. The quantitative estimate of drug-likeness (QED) is 0.649. The van der Waals surface area contributed by atoms with Crippen molar-refractivity contribution in [2.24, 2.45) is 0 Å². The summed E-state index contributed by atoms with van der Waals surface area (Å²) in [7, 11) is 0. The van der Waals surface area contributed by atoms with E-state index in [1.807, 2.05) is 20.8 Å². The van der Waals surface area contributed by atoms with Gasteiger partial charge in [-0.3, -0.25) is 14.9 Å². The van der Waals surface area contributed by atoms with Crippen molar-refractivity contribution in [3.8, 4) is 0 Å². The first-order valence-electron chi connectivity index (χ1n) is 6.31. The Morgan fingerprint density at radius 1 is 1.40 bits per heavy atom. The van der Waals surface area contributed by atoms with Crippen LogP contribution in [0, 0.1) is 17.0 Å². The van der Waals surface area contributed by atoms with Crippen molar-refractivity contribution in [1.82, 2.24) is 10.3 Å². The highest BCUT2D eigenvalue weighted by molar-refractivity contribution is 5.85. The van der Waals surface area contributed by atoms with Gasteiger partial charge in [-0.1, -0.05) is 0 Å². The summed E-state index contributed by atoms with van der Waals surface area (Å²) < 4.78 is 0. The maximum absolute atomic E-state index is 12.0. The average molecular weight is 280 g/mol. The molecule has 0 fully saturated rings. The lowest BCUT2D eigenvalue weighted by molar-refractivity contribution is -0.384. The molecule has 7 heteroatoms. The van der Waals surface area contributed by atoms with Crippen molar-refractivity contribution in [2.75, 3.05) is 5.32 Å². The van der Waals surface area contributed by atoms with Crippen LogP contribution < -0.4 is 10.6 Å². The molecule has 7 nitrogen and oxygen atoms in total. The Kier molecular flexibility index (Phi) is 4.65. The van der Waals surface area contributed by atoms with E-state index in [0.717, 1.165) is 0 Å². The molecule has 1 amide bonds. The number of aryl methyl sites for hydroxylation is 1. The molecule has 0 bridgehead atoms. The highest BCUT2D eigenvalue weighted by Gasteiger charge is 2.23. The van der Waals surface area contributed by atoms with Crippen molar-refractivity contribution >= 4 is 17.4 Å². The third-order valence-electron chi connectivity index (χ3n) is 2.45. The molecule has 2 N–H and O–H groups in total. The number of aromatic nitrogens is 1. The number of carbonyl (C=O) groups is 1. The van der Waals surface area contributed by atoms with Gasteiger partial charge in [0.15, 0.2) is 0 Å². The van der Waals surface area contributed by atoms with E-state index >= 15 is 0 Å². The Balaban J connectivity index is 2.90. The summed E-state index contributed by atoms with van der Waals surface area (Å²) in [5, 5.41) is 16.5. The molecule has 0 saturated heterocycles.